The van der Waals surface area contributed by atoms with E-state index < -0.39 is 0 Å². The molecule has 0 saturated heterocycles. The molecule has 0 aliphatic carbocycles. The second-order valence-electron chi connectivity index (χ2n) is 14.9. The van der Waals surface area contributed by atoms with E-state index in [1.54, 1.807) is 0 Å². The van der Waals surface area contributed by atoms with Gasteiger partial charge in [0.15, 0.2) is 0 Å². The number of nitrogens with zero attached hydrogens (tertiary/aromatic N) is 1. The molecule has 0 amide bonds. The standard InChI is InChI=1S/C56H37NS/c1-2-12-44-36-46(27-24-38(44)10-1)45-14-7-15-49(37-45)57(48-34-30-43(31-35-48)52-19-9-20-54-53-17-5-6-21-55(53)58-56(52)54)47-32-28-40(29-33-47)39-22-25-42(26-23-39)51-18-8-13-41-11-3-4-16-50(41)51/h1-37H. The molecule has 0 radical (unpaired) electrons. The maximum Gasteiger partial charge on any atom is 0.0467 e. The van der Waals surface area contributed by atoms with Crippen molar-refractivity contribution in [2.45, 2.75) is 0 Å². The van der Waals surface area contributed by atoms with Gasteiger partial charge in [-0.25, -0.2) is 0 Å². The van der Waals surface area contributed by atoms with Gasteiger partial charge in [0.05, 0.1) is 0 Å². The lowest BCUT2D eigenvalue weighted by atomic mass is 9.96. The molecule has 0 atom stereocenters. The number of benzene rings is 10. The largest absolute Gasteiger partial charge is 0.310 e. The Morgan fingerprint density at radius 3 is 1.59 bits per heavy atom. The molecule has 272 valence electrons. The molecule has 0 fully saturated rings. The summed E-state index contributed by atoms with van der Waals surface area (Å²) >= 11 is 1.88. The average molecular weight is 756 g/mol. The van der Waals surface area contributed by atoms with Gasteiger partial charge < -0.3 is 4.90 Å². The molecule has 0 unspecified atom stereocenters. The highest BCUT2D eigenvalue weighted by molar-refractivity contribution is 7.26. The SMILES string of the molecule is c1cc(-c2ccc3ccccc3c2)cc(N(c2ccc(-c3ccc(-c4cccc5ccccc45)cc3)cc2)c2ccc(-c3cccc4c3sc3ccccc34)cc2)c1. The third-order valence-electron chi connectivity index (χ3n) is 11.5. The molecule has 11 aromatic rings. The van der Waals surface area contributed by atoms with Crippen molar-refractivity contribution >= 4 is 70.1 Å². The van der Waals surface area contributed by atoms with Crippen molar-refractivity contribution in [2.24, 2.45) is 0 Å². The maximum absolute atomic E-state index is 2.38. The highest BCUT2D eigenvalue weighted by Crippen LogP contribution is 2.42. The molecule has 0 N–H and O–H groups in total. The highest BCUT2D eigenvalue weighted by Gasteiger charge is 2.16. The first-order valence-corrected chi connectivity index (χ1v) is 20.6. The van der Waals surface area contributed by atoms with Gasteiger partial charge in [-0.1, -0.05) is 176 Å². The number of anilines is 3. The van der Waals surface area contributed by atoms with Crippen molar-refractivity contribution < 1.29 is 0 Å². The smallest absolute Gasteiger partial charge is 0.0467 e. The Balaban J connectivity index is 0.969. The van der Waals surface area contributed by atoms with Gasteiger partial charge in [0.1, 0.15) is 0 Å². The Morgan fingerprint density at radius 1 is 0.276 bits per heavy atom. The second-order valence-corrected chi connectivity index (χ2v) is 16.0. The minimum atomic E-state index is 1.10. The van der Waals surface area contributed by atoms with Gasteiger partial charge in [0.2, 0.25) is 0 Å². The Morgan fingerprint density at radius 2 is 0.793 bits per heavy atom. The molecule has 0 spiro atoms. The van der Waals surface area contributed by atoms with E-state index >= 15 is 0 Å². The van der Waals surface area contributed by atoms with E-state index in [0.29, 0.717) is 0 Å². The lowest BCUT2D eigenvalue weighted by molar-refractivity contribution is 1.28. The molecular formula is C56H37NS. The van der Waals surface area contributed by atoms with Crippen LogP contribution in [0.15, 0.2) is 224 Å². The first-order chi connectivity index (χ1) is 28.7. The van der Waals surface area contributed by atoms with Crippen LogP contribution in [0.5, 0.6) is 0 Å². The van der Waals surface area contributed by atoms with Crippen molar-refractivity contribution in [1.29, 1.82) is 0 Å². The summed E-state index contributed by atoms with van der Waals surface area (Å²) in [4.78, 5) is 2.38. The fraction of sp³-hybridized carbons (Fsp3) is 0. The summed E-state index contributed by atoms with van der Waals surface area (Å²) < 4.78 is 2.65. The second kappa shape index (κ2) is 14.4. The third kappa shape index (κ3) is 6.12. The zero-order chi connectivity index (χ0) is 38.4. The van der Waals surface area contributed by atoms with Crippen LogP contribution in [-0.2, 0) is 0 Å². The van der Waals surface area contributed by atoms with Crippen LogP contribution in [0.2, 0.25) is 0 Å². The molecule has 0 bridgehead atoms. The summed E-state index contributed by atoms with van der Waals surface area (Å²) in [6.45, 7) is 0. The van der Waals surface area contributed by atoms with E-state index in [4.69, 9.17) is 0 Å². The summed E-state index contributed by atoms with van der Waals surface area (Å²) in [5.41, 5.74) is 13.1. The summed E-state index contributed by atoms with van der Waals surface area (Å²) in [5, 5.41) is 7.67. The molecule has 10 aromatic carbocycles. The Hall–Kier alpha value is -7.26. The van der Waals surface area contributed by atoms with E-state index in [0.717, 1.165) is 17.1 Å². The maximum atomic E-state index is 2.38. The molecule has 11 rings (SSSR count). The number of hydrogen-bond acceptors (Lipinski definition) is 2. The molecule has 1 nitrogen and oxygen atoms in total. The first-order valence-electron chi connectivity index (χ1n) is 19.8. The van der Waals surface area contributed by atoms with Crippen LogP contribution in [0.25, 0.3) is 86.2 Å². The van der Waals surface area contributed by atoms with Gasteiger partial charge in [-0.15, -0.1) is 11.3 Å². The normalized spacial score (nSPS) is 11.4. The quantitative estimate of drug-likeness (QED) is 0.157. The summed E-state index contributed by atoms with van der Waals surface area (Å²) in [7, 11) is 0. The zero-order valence-corrected chi connectivity index (χ0v) is 32.5. The molecular weight excluding hydrogens is 719 g/mol. The fourth-order valence-corrected chi connectivity index (χ4v) is 9.77. The summed E-state index contributed by atoms with van der Waals surface area (Å²) in [5.74, 6) is 0. The number of fused-ring (bicyclic) bond motifs is 5. The lowest BCUT2D eigenvalue weighted by Gasteiger charge is -2.26. The number of thiophene rings is 1. The third-order valence-corrected chi connectivity index (χ3v) is 12.7. The molecule has 1 aromatic heterocycles. The number of hydrogen-bond donors (Lipinski definition) is 0. The van der Waals surface area contributed by atoms with Crippen LogP contribution >= 0.6 is 11.3 Å². The topological polar surface area (TPSA) is 3.24 Å². The van der Waals surface area contributed by atoms with Gasteiger partial charge in [-0.3, -0.25) is 0 Å². The Bertz CT molecular complexity index is 3260. The van der Waals surface area contributed by atoms with Gasteiger partial charge >= 0.3 is 0 Å². The van der Waals surface area contributed by atoms with Crippen molar-refractivity contribution in [2.75, 3.05) is 4.90 Å². The van der Waals surface area contributed by atoms with Crippen molar-refractivity contribution in [3.8, 4) is 44.5 Å². The summed E-state index contributed by atoms with van der Waals surface area (Å²) in [6, 6.07) is 81.9. The van der Waals surface area contributed by atoms with Crippen molar-refractivity contribution in [3.63, 3.8) is 0 Å². The fourth-order valence-electron chi connectivity index (χ4n) is 8.53. The monoisotopic (exact) mass is 755 g/mol. The Kier molecular flexibility index (Phi) is 8.42. The van der Waals surface area contributed by atoms with Gasteiger partial charge in [0, 0.05) is 37.2 Å². The molecule has 0 aliphatic heterocycles. The lowest BCUT2D eigenvalue weighted by Crippen LogP contribution is -2.10. The van der Waals surface area contributed by atoms with Crippen LogP contribution < -0.4 is 4.90 Å². The van der Waals surface area contributed by atoms with Crippen LogP contribution in [0.1, 0.15) is 0 Å². The van der Waals surface area contributed by atoms with Crippen molar-refractivity contribution in [1.82, 2.24) is 0 Å². The molecule has 58 heavy (non-hydrogen) atoms. The molecule has 2 heteroatoms. The van der Waals surface area contributed by atoms with E-state index in [1.165, 1.54) is 86.2 Å². The van der Waals surface area contributed by atoms with Crippen molar-refractivity contribution in [3.05, 3.63) is 224 Å². The van der Waals surface area contributed by atoms with Gasteiger partial charge in [-0.05, 0) is 115 Å². The van der Waals surface area contributed by atoms with E-state index in [1.807, 2.05) is 11.3 Å². The van der Waals surface area contributed by atoms with Gasteiger partial charge in [0.25, 0.3) is 0 Å². The minimum Gasteiger partial charge on any atom is -0.310 e. The van der Waals surface area contributed by atoms with Crippen LogP contribution in [0.3, 0.4) is 0 Å². The zero-order valence-electron chi connectivity index (χ0n) is 31.7. The van der Waals surface area contributed by atoms with E-state index in [-0.39, 0.29) is 0 Å². The van der Waals surface area contributed by atoms with E-state index in [2.05, 4.69) is 229 Å². The average Bonchev–Trinajstić information content (AvgIpc) is 3.69. The number of rotatable bonds is 7. The van der Waals surface area contributed by atoms with E-state index in [9.17, 15) is 0 Å². The molecule has 0 aliphatic rings. The molecule has 0 saturated carbocycles. The Labute approximate surface area is 342 Å². The summed E-state index contributed by atoms with van der Waals surface area (Å²) in [6.07, 6.45) is 0. The highest BCUT2D eigenvalue weighted by atomic mass is 32.1. The van der Waals surface area contributed by atoms with Crippen LogP contribution in [-0.4, -0.2) is 0 Å². The minimum absolute atomic E-state index is 1.10. The predicted molar refractivity (Wildman–Crippen MR) is 251 cm³/mol. The van der Waals surface area contributed by atoms with Crippen LogP contribution in [0.4, 0.5) is 17.1 Å². The van der Waals surface area contributed by atoms with Gasteiger partial charge in [-0.2, -0.15) is 0 Å². The molecule has 1 heterocycles. The van der Waals surface area contributed by atoms with Crippen LogP contribution in [0, 0.1) is 0 Å². The predicted octanol–water partition coefficient (Wildman–Crippen LogP) is 16.5. The first kappa shape index (κ1) is 34.0.